The van der Waals surface area contributed by atoms with E-state index < -0.39 is 17.6 Å². The Morgan fingerprint density at radius 2 is 1.61 bits per heavy atom. The molecule has 0 amide bonds. The van der Waals surface area contributed by atoms with E-state index in [1.165, 1.54) is 0 Å². The van der Waals surface area contributed by atoms with Crippen LogP contribution in [0.15, 0.2) is 4.52 Å². The van der Waals surface area contributed by atoms with Crippen LogP contribution in [0.3, 0.4) is 0 Å². The summed E-state index contributed by atoms with van der Waals surface area (Å²) in [6, 6.07) is 0. The van der Waals surface area contributed by atoms with Gasteiger partial charge in [-0.25, -0.2) is 0 Å². The fraction of sp³-hybridized carbons (Fsp3) is 0.818. The highest BCUT2D eigenvalue weighted by molar-refractivity contribution is 5.05. The molecule has 1 aliphatic rings. The van der Waals surface area contributed by atoms with E-state index in [2.05, 4.69) is 14.7 Å². The van der Waals surface area contributed by atoms with Crippen molar-refractivity contribution in [1.29, 1.82) is 0 Å². The highest BCUT2D eigenvalue weighted by Crippen LogP contribution is 2.34. The van der Waals surface area contributed by atoms with E-state index in [0.717, 1.165) is 32.1 Å². The van der Waals surface area contributed by atoms with Crippen molar-refractivity contribution in [1.82, 2.24) is 10.1 Å². The molecule has 0 radical (unpaired) electrons. The van der Waals surface area contributed by atoms with Crippen LogP contribution in [0.1, 0.15) is 56.7 Å². The van der Waals surface area contributed by atoms with Gasteiger partial charge >= 0.3 is 12.1 Å². The molecule has 1 aromatic heterocycles. The van der Waals surface area contributed by atoms with Gasteiger partial charge in [-0.05, 0) is 12.8 Å². The van der Waals surface area contributed by atoms with E-state index in [0.29, 0.717) is 12.8 Å². The summed E-state index contributed by atoms with van der Waals surface area (Å²) in [5, 5.41) is 3.42. The van der Waals surface area contributed by atoms with Gasteiger partial charge in [0.05, 0.1) is 5.54 Å². The zero-order valence-electron chi connectivity index (χ0n) is 9.96. The number of nitrogens with two attached hydrogens (primary N) is 1. The van der Waals surface area contributed by atoms with Crippen LogP contribution in [0.2, 0.25) is 0 Å². The van der Waals surface area contributed by atoms with Gasteiger partial charge in [-0.2, -0.15) is 18.2 Å². The molecule has 0 bridgehead atoms. The molecular formula is C11H16F3N3O. The third-order valence-electron chi connectivity index (χ3n) is 3.36. The van der Waals surface area contributed by atoms with Crippen LogP contribution >= 0.6 is 0 Å². The summed E-state index contributed by atoms with van der Waals surface area (Å²) in [5.41, 5.74) is 5.27. The molecule has 2 N–H and O–H groups in total. The molecule has 1 fully saturated rings. The lowest BCUT2D eigenvalue weighted by atomic mass is 9.84. The first-order valence-electron chi connectivity index (χ1n) is 6.12. The Bertz CT molecular complexity index is 394. The number of nitrogens with zero attached hydrogens (tertiary/aromatic N) is 2. The lowest BCUT2D eigenvalue weighted by molar-refractivity contribution is -0.159. The lowest BCUT2D eigenvalue weighted by Crippen LogP contribution is -2.38. The summed E-state index contributed by atoms with van der Waals surface area (Å²) in [6.07, 6.45) is 1.59. The summed E-state index contributed by atoms with van der Waals surface area (Å²) < 4.78 is 41.5. The molecule has 0 unspecified atom stereocenters. The maximum absolute atomic E-state index is 12.4. The third-order valence-corrected chi connectivity index (χ3v) is 3.36. The van der Waals surface area contributed by atoms with E-state index in [-0.39, 0.29) is 5.82 Å². The smallest absolute Gasteiger partial charge is 0.329 e. The average Bonchev–Trinajstić information content (AvgIpc) is 2.73. The van der Waals surface area contributed by atoms with Gasteiger partial charge in [-0.1, -0.05) is 37.3 Å². The highest BCUT2D eigenvalue weighted by atomic mass is 19.4. The van der Waals surface area contributed by atoms with Gasteiger partial charge in [0, 0.05) is 0 Å². The molecule has 1 aliphatic carbocycles. The van der Waals surface area contributed by atoms with Crippen LogP contribution in [0, 0.1) is 0 Å². The van der Waals surface area contributed by atoms with Crippen molar-refractivity contribution < 1.29 is 17.7 Å². The Morgan fingerprint density at radius 3 is 2.11 bits per heavy atom. The molecular weight excluding hydrogens is 247 g/mol. The number of aromatic nitrogens is 2. The topological polar surface area (TPSA) is 64.9 Å². The molecule has 0 aliphatic heterocycles. The van der Waals surface area contributed by atoms with Crippen LogP contribution in [0.25, 0.3) is 0 Å². The molecule has 1 heterocycles. The van der Waals surface area contributed by atoms with Crippen LogP contribution in [-0.4, -0.2) is 10.1 Å². The molecule has 0 saturated heterocycles. The van der Waals surface area contributed by atoms with Gasteiger partial charge in [0.15, 0.2) is 5.82 Å². The minimum Gasteiger partial charge on any atom is -0.329 e. The molecule has 0 spiro atoms. The second-order valence-corrected chi connectivity index (χ2v) is 4.84. The fourth-order valence-electron chi connectivity index (χ4n) is 2.30. The van der Waals surface area contributed by atoms with Crippen LogP contribution in [0.4, 0.5) is 13.2 Å². The average molecular weight is 263 g/mol. The minimum atomic E-state index is -4.61. The Balaban J connectivity index is 2.19. The first-order valence-corrected chi connectivity index (χ1v) is 6.12. The second-order valence-electron chi connectivity index (χ2n) is 4.84. The Kier molecular flexibility index (Phi) is 3.61. The summed E-state index contributed by atoms with van der Waals surface area (Å²) in [4.78, 5) is 3.42. The first kappa shape index (κ1) is 13.3. The van der Waals surface area contributed by atoms with Gasteiger partial charge in [-0.3, -0.25) is 0 Å². The predicted molar refractivity (Wildman–Crippen MR) is 57.5 cm³/mol. The van der Waals surface area contributed by atoms with Gasteiger partial charge in [0.25, 0.3) is 0 Å². The quantitative estimate of drug-likeness (QED) is 0.845. The lowest BCUT2D eigenvalue weighted by Gasteiger charge is -2.27. The van der Waals surface area contributed by atoms with Crippen molar-refractivity contribution in [3.8, 4) is 0 Å². The van der Waals surface area contributed by atoms with Crippen molar-refractivity contribution in [2.45, 2.75) is 56.7 Å². The number of hydrogen-bond acceptors (Lipinski definition) is 4. The maximum atomic E-state index is 12.4. The van der Waals surface area contributed by atoms with Gasteiger partial charge < -0.3 is 10.3 Å². The van der Waals surface area contributed by atoms with E-state index in [1.807, 2.05) is 0 Å². The Hall–Kier alpha value is -1.11. The first-order chi connectivity index (χ1) is 8.42. The highest BCUT2D eigenvalue weighted by Gasteiger charge is 2.41. The van der Waals surface area contributed by atoms with Crippen molar-refractivity contribution in [2.24, 2.45) is 5.73 Å². The van der Waals surface area contributed by atoms with Crippen LogP contribution < -0.4 is 5.73 Å². The Morgan fingerprint density at radius 1 is 1.06 bits per heavy atom. The SMILES string of the molecule is NC1(c2noc(C(F)(F)F)n2)CCCCCCC1. The second kappa shape index (κ2) is 4.87. The molecule has 2 rings (SSSR count). The molecule has 0 aromatic carbocycles. The predicted octanol–water partition coefficient (Wildman–Crippen LogP) is 2.99. The number of halogens is 3. The van der Waals surface area contributed by atoms with E-state index in [4.69, 9.17) is 5.73 Å². The third kappa shape index (κ3) is 2.82. The molecule has 1 aromatic rings. The molecule has 102 valence electrons. The fourth-order valence-corrected chi connectivity index (χ4v) is 2.30. The summed E-state index contributed by atoms with van der Waals surface area (Å²) >= 11 is 0. The van der Waals surface area contributed by atoms with Crippen LogP contribution in [0.5, 0.6) is 0 Å². The molecule has 18 heavy (non-hydrogen) atoms. The molecule has 7 heteroatoms. The van der Waals surface area contributed by atoms with Crippen molar-refractivity contribution in [3.05, 3.63) is 11.7 Å². The number of alkyl halides is 3. The van der Waals surface area contributed by atoms with Gasteiger partial charge in [0.2, 0.25) is 0 Å². The van der Waals surface area contributed by atoms with E-state index >= 15 is 0 Å². The zero-order chi connectivity index (χ0) is 13.2. The molecule has 0 atom stereocenters. The standard InChI is InChI=1S/C11H16F3N3O/c12-11(13,14)9-16-8(17-18-9)10(15)6-4-2-1-3-5-7-10/h1-7,15H2. The molecule has 1 saturated carbocycles. The molecule has 4 nitrogen and oxygen atoms in total. The maximum Gasteiger partial charge on any atom is 0.471 e. The van der Waals surface area contributed by atoms with Gasteiger partial charge in [-0.15, -0.1) is 0 Å². The van der Waals surface area contributed by atoms with Crippen molar-refractivity contribution in [3.63, 3.8) is 0 Å². The summed E-state index contributed by atoms with van der Waals surface area (Å²) in [6.45, 7) is 0. The van der Waals surface area contributed by atoms with E-state index in [1.54, 1.807) is 0 Å². The summed E-state index contributed by atoms with van der Waals surface area (Å²) in [5.74, 6) is -1.33. The van der Waals surface area contributed by atoms with Gasteiger partial charge in [0.1, 0.15) is 0 Å². The monoisotopic (exact) mass is 263 g/mol. The normalized spacial score (nSPS) is 21.3. The number of rotatable bonds is 1. The largest absolute Gasteiger partial charge is 0.471 e. The van der Waals surface area contributed by atoms with Crippen molar-refractivity contribution in [2.75, 3.05) is 0 Å². The zero-order valence-corrected chi connectivity index (χ0v) is 9.96. The minimum absolute atomic E-state index is 0.0169. The van der Waals surface area contributed by atoms with Crippen LogP contribution in [-0.2, 0) is 11.7 Å². The number of hydrogen-bond donors (Lipinski definition) is 1. The summed E-state index contributed by atoms with van der Waals surface area (Å²) in [7, 11) is 0. The van der Waals surface area contributed by atoms with Crippen molar-refractivity contribution >= 4 is 0 Å². The van der Waals surface area contributed by atoms with E-state index in [9.17, 15) is 13.2 Å². The Labute approximate surface area is 103 Å².